The van der Waals surface area contributed by atoms with Crippen LogP contribution in [0, 0.1) is 18.8 Å². The quantitative estimate of drug-likeness (QED) is 0.160. The van der Waals surface area contributed by atoms with Crippen molar-refractivity contribution < 1.29 is 19.1 Å². The van der Waals surface area contributed by atoms with Crippen molar-refractivity contribution in [3.05, 3.63) is 66.0 Å². The van der Waals surface area contributed by atoms with Gasteiger partial charge in [-0.2, -0.15) is 5.10 Å². The molecule has 0 unspecified atom stereocenters. The summed E-state index contributed by atoms with van der Waals surface area (Å²) in [6, 6.07) is 15.6. The van der Waals surface area contributed by atoms with Gasteiger partial charge < -0.3 is 24.6 Å². The van der Waals surface area contributed by atoms with Crippen molar-refractivity contribution in [3.8, 4) is 16.9 Å². The average Bonchev–Trinajstić information content (AvgIpc) is 3.88. The lowest BCUT2D eigenvalue weighted by atomic mass is 9.78. The van der Waals surface area contributed by atoms with Crippen molar-refractivity contribution in [3.63, 3.8) is 0 Å². The molecule has 0 saturated heterocycles. The van der Waals surface area contributed by atoms with Gasteiger partial charge in [0.1, 0.15) is 11.9 Å². The van der Waals surface area contributed by atoms with E-state index in [1.54, 1.807) is 7.11 Å². The van der Waals surface area contributed by atoms with Crippen molar-refractivity contribution >= 4 is 17.7 Å². The second-order valence-corrected chi connectivity index (χ2v) is 15.6. The molecule has 3 aliphatic rings. The third kappa shape index (κ3) is 10.1. The van der Waals surface area contributed by atoms with Crippen molar-refractivity contribution in [1.82, 2.24) is 20.0 Å². The fourth-order valence-corrected chi connectivity index (χ4v) is 8.06. The first kappa shape index (κ1) is 36.9. The second-order valence-electron chi connectivity index (χ2n) is 15.6. The van der Waals surface area contributed by atoms with Gasteiger partial charge in [-0.15, -0.1) is 0 Å². The van der Waals surface area contributed by atoms with Crippen LogP contribution < -0.4 is 15.0 Å². The van der Waals surface area contributed by atoms with Crippen LogP contribution in [0.3, 0.4) is 0 Å². The van der Waals surface area contributed by atoms with E-state index in [4.69, 9.17) is 9.47 Å². The molecular formula is C42H59N5O4. The number of hydrogen-bond acceptors (Lipinski definition) is 6. The number of benzene rings is 2. The number of nitrogens with zero attached hydrogens (tertiary/aromatic N) is 4. The summed E-state index contributed by atoms with van der Waals surface area (Å²) in [6.45, 7) is 4.54. The van der Waals surface area contributed by atoms with Gasteiger partial charge in [0.2, 0.25) is 5.91 Å². The summed E-state index contributed by atoms with van der Waals surface area (Å²) in [6.07, 6.45) is 16.5. The molecule has 1 aromatic heterocycles. The van der Waals surface area contributed by atoms with E-state index in [1.165, 1.54) is 24.0 Å². The first-order valence-electron chi connectivity index (χ1n) is 19.5. The smallest absolute Gasteiger partial charge is 0.407 e. The van der Waals surface area contributed by atoms with Gasteiger partial charge >= 0.3 is 6.09 Å². The molecule has 6 rings (SSSR count). The number of nitrogens with one attached hydrogen (secondary N) is 1. The van der Waals surface area contributed by atoms with Gasteiger partial charge in [0.05, 0.1) is 19.3 Å². The molecule has 1 N–H and O–H groups in total. The van der Waals surface area contributed by atoms with Crippen molar-refractivity contribution in [2.24, 2.45) is 11.8 Å². The maximum Gasteiger partial charge on any atom is 0.407 e. The predicted octanol–water partition coefficient (Wildman–Crippen LogP) is 8.53. The largest absolute Gasteiger partial charge is 0.496 e. The Balaban J connectivity index is 1.08. The summed E-state index contributed by atoms with van der Waals surface area (Å²) in [5.41, 5.74) is 5.73. The number of aryl methyl sites for hydroxylation is 1. The lowest BCUT2D eigenvalue weighted by Crippen LogP contribution is -2.42. The minimum atomic E-state index is -0.332. The van der Waals surface area contributed by atoms with Crippen LogP contribution in [-0.2, 0) is 9.53 Å². The van der Waals surface area contributed by atoms with Crippen LogP contribution in [-0.4, -0.2) is 73.6 Å². The number of amides is 2. The summed E-state index contributed by atoms with van der Waals surface area (Å²) < 4.78 is 13.4. The molecule has 276 valence electrons. The Labute approximate surface area is 305 Å². The van der Waals surface area contributed by atoms with Gasteiger partial charge in [-0.25, -0.2) is 4.79 Å². The fraction of sp³-hybridized carbons (Fsp3) is 0.595. The minimum absolute atomic E-state index is 0.0792. The van der Waals surface area contributed by atoms with Crippen molar-refractivity contribution in [2.75, 3.05) is 45.7 Å². The highest BCUT2D eigenvalue weighted by atomic mass is 16.6. The normalized spacial score (nSPS) is 22.1. The van der Waals surface area contributed by atoms with Crippen molar-refractivity contribution in [1.29, 1.82) is 0 Å². The van der Waals surface area contributed by atoms with Crippen LogP contribution >= 0.6 is 0 Å². The highest BCUT2D eigenvalue weighted by molar-refractivity contribution is 5.95. The van der Waals surface area contributed by atoms with Gasteiger partial charge in [-0.3, -0.25) is 9.48 Å². The molecule has 3 aromatic rings. The van der Waals surface area contributed by atoms with Crippen LogP contribution in [0.25, 0.3) is 11.1 Å². The molecule has 0 radical (unpaired) electrons. The van der Waals surface area contributed by atoms with Crippen LogP contribution in [0.1, 0.15) is 107 Å². The Kier molecular flexibility index (Phi) is 12.7. The highest BCUT2D eigenvalue weighted by Gasteiger charge is 2.34. The zero-order valence-corrected chi connectivity index (χ0v) is 31.3. The van der Waals surface area contributed by atoms with Crippen LogP contribution in [0.5, 0.6) is 5.75 Å². The number of unbranched alkanes of at least 4 members (excludes halogenated alkanes) is 2. The van der Waals surface area contributed by atoms with Gasteiger partial charge in [-0.05, 0) is 151 Å². The van der Waals surface area contributed by atoms with E-state index in [0.717, 1.165) is 93.4 Å². The van der Waals surface area contributed by atoms with Crippen molar-refractivity contribution in [2.45, 2.75) is 108 Å². The number of anilines is 1. The summed E-state index contributed by atoms with van der Waals surface area (Å²) >= 11 is 0. The zero-order valence-electron chi connectivity index (χ0n) is 31.3. The Morgan fingerprint density at radius 3 is 2.39 bits per heavy atom. The van der Waals surface area contributed by atoms with E-state index in [-0.39, 0.29) is 24.0 Å². The first-order valence-corrected chi connectivity index (χ1v) is 19.5. The zero-order chi connectivity index (χ0) is 35.7. The number of carbonyl (C=O) groups is 2. The Hall–Kier alpha value is -3.85. The van der Waals surface area contributed by atoms with Gasteiger partial charge in [0, 0.05) is 36.5 Å². The molecule has 9 nitrogen and oxygen atoms in total. The summed E-state index contributed by atoms with van der Waals surface area (Å²) in [5.74, 6) is 2.04. The standard InChI is InChI=1S/C42H59N5O4/c1-30-25-35(17-22-40(30)50-4)32-13-11-31(12-14-32)28-46(38-10-8-9-34(26-38)36-27-44-47(29-36)37-18-19-37)41(48)33-15-20-39(21-16-33)51-42(49)43-23-6-5-7-24-45(2)3/h8-10,17,22,25-27,29,31-33,37,39H,5-7,11-16,18-21,23-24,28H2,1-4H3,(H,43,49)/t31-,32-,33-,39-. The minimum Gasteiger partial charge on any atom is -0.496 e. The number of carbonyl (C=O) groups excluding carboxylic acids is 2. The van der Waals surface area contributed by atoms with E-state index in [2.05, 4.69) is 94.6 Å². The summed E-state index contributed by atoms with van der Waals surface area (Å²) in [5, 5.41) is 7.55. The molecule has 9 heteroatoms. The van der Waals surface area contributed by atoms with E-state index < -0.39 is 0 Å². The number of ether oxygens (including phenoxy) is 2. The van der Waals surface area contributed by atoms with E-state index in [9.17, 15) is 9.59 Å². The van der Waals surface area contributed by atoms with Gasteiger partial charge in [0.25, 0.3) is 0 Å². The lowest BCUT2D eigenvalue weighted by molar-refractivity contribution is -0.124. The molecule has 51 heavy (non-hydrogen) atoms. The molecule has 2 aromatic carbocycles. The first-order chi connectivity index (χ1) is 24.8. The van der Waals surface area contributed by atoms with Crippen LogP contribution in [0.15, 0.2) is 54.9 Å². The molecular weight excluding hydrogens is 638 g/mol. The lowest BCUT2D eigenvalue weighted by Gasteiger charge is -2.36. The van der Waals surface area contributed by atoms with E-state index in [0.29, 0.717) is 37.3 Å². The summed E-state index contributed by atoms with van der Waals surface area (Å²) in [4.78, 5) is 31.3. The SMILES string of the molecule is COc1ccc([C@H]2CC[C@H](CN(c3cccc(-c4cnn(C5CC5)c4)c3)C(=O)[C@H]3CC[C@H](OC(=O)NCCCCCN(C)C)CC3)CC2)cc1C. The highest BCUT2D eigenvalue weighted by Crippen LogP contribution is 2.40. The molecule has 2 amide bonds. The molecule has 1 heterocycles. The Morgan fingerprint density at radius 2 is 1.69 bits per heavy atom. The van der Waals surface area contributed by atoms with E-state index in [1.807, 2.05) is 6.20 Å². The van der Waals surface area contributed by atoms with E-state index >= 15 is 0 Å². The second kappa shape index (κ2) is 17.6. The molecule has 0 bridgehead atoms. The molecule has 0 aliphatic heterocycles. The average molecular weight is 698 g/mol. The number of aromatic nitrogens is 2. The predicted molar refractivity (Wildman–Crippen MR) is 203 cm³/mol. The summed E-state index contributed by atoms with van der Waals surface area (Å²) in [7, 11) is 5.89. The van der Waals surface area contributed by atoms with Crippen LogP contribution in [0.2, 0.25) is 0 Å². The number of methoxy groups -OCH3 is 1. The molecule has 0 atom stereocenters. The number of hydrogen-bond donors (Lipinski definition) is 1. The fourth-order valence-electron chi connectivity index (χ4n) is 8.06. The maximum atomic E-state index is 14.5. The molecule has 3 saturated carbocycles. The Bertz CT molecular complexity index is 1580. The number of alkyl carbamates (subject to hydrolysis) is 1. The molecule has 3 fully saturated rings. The third-order valence-corrected chi connectivity index (χ3v) is 11.3. The number of rotatable bonds is 15. The third-order valence-electron chi connectivity index (χ3n) is 11.3. The monoisotopic (exact) mass is 697 g/mol. The molecule has 0 spiro atoms. The van der Waals surface area contributed by atoms with Crippen LogP contribution in [0.4, 0.5) is 10.5 Å². The maximum absolute atomic E-state index is 14.5. The van der Waals surface area contributed by atoms with Gasteiger partial charge in [-0.1, -0.05) is 30.7 Å². The topological polar surface area (TPSA) is 88.9 Å². The Morgan fingerprint density at radius 1 is 0.902 bits per heavy atom. The molecule has 3 aliphatic carbocycles. The van der Waals surface area contributed by atoms with Gasteiger partial charge in [0.15, 0.2) is 0 Å².